The number of fused-ring (bicyclic) bond motifs is 1. The number of anilines is 1. The Morgan fingerprint density at radius 1 is 1.11 bits per heavy atom. The van der Waals surface area contributed by atoms with Crippen molar-refractivity contribution in [3.05, 3.63) is 63.6 Å². The van der Waals surface area contributed by atoms with Crippen molar-refractivity contribution >= 4 is 27.5 Å². The number of halogens is 1. The van der Waals surface area contributed by atoms with Gasteiger partial charge < -0.3 is 11.1 Å². The van der Waals surface area contributed by atoms with Crippen molar-refractivity contribution in [3.63, 3.8) is 0 Å². The summed E-state index contributed by atoms with van der Waals surface area (Å²) in [4.78, 5) is 11.3. The first-order valence-corrected chi connectivity index (χ1v) is 6.86. The molecule has 0 radical (unpaired) electrons. The smallest absolute Gasteiger partial charge is 0.228 e. The van der Waals surface area contributed by atoms with Crippen LogP contribution in [0.3, 0.4) is 0 Å². The minimum absolute atomic E-state index is 0.0457. The molecule has 0 spiro atoms. The highest BCUT2D eigenvalue weighted by Gasteiger charge is 2.19. The SMILES string of the molecule is NC(c1ccc(Br)cc1)c1ccc2c(c1)CC(=O)N2. The van der Waals surface area contributed by atoms with Crippen LogP contribution in [0.5, 0.6) is 0 Å². The van der Waals surface area contributed by atoms with Gasteiger partial charge in [-0.3, -0.25) is 4.79 Å². The zero-order valence-electron chi connectivity index (χ0n) is 10.2. The largest absolute Gasteiger partial charge is 0.326 e. The Kier molecular flexibility index (Phi) is 3.12. The van der Waals surface area contributed by atoms with Gasteiger partial charge in [0, 0.05) is 10.2 Å². The van der Waals surface area contributed by atoms with E-state index < -0.39 is 0 Å². The van der Waals surface area contributed by atoms with Crippen LogP contribution in [0.25, 0.3) is 0 Å². The van der Waals surface area contributed by atoms with E-state index in [1.807, 2.05) is 42.5 Å². The number of carbonyl (C=O) groups is 1. The number of hydrogen-bond acceptors (Lipinski definition) is 2. The molecule has 1 aliphatic heterocycles. The monoisotopic (exact) mass is 316 g/mol. The Bertz CT molecular complexity index is 637. The van der Waals surface area contributed by atoms with Crippen LogP contribution in [0.15, 0.2) is 46.9 Å². The highest BCUT2D eigenvalue weighted by molar-refractivity contribution is 9.10. The lowest BCUT2D eigenvalue weighted by Crippen LogP contribution is -2.11. The van der Waals surface area contributed by atoms with Crippen LogP contribution < -0.4 is 11.1 Å². The summed E-state index contributed by atoms with van der Waals surface area (Å²) in [6.07, 6.45) is 0.441. The number of amides is 1. The topological polar surface area (TPSA) is 55.1 Å². The van der Waals surface area contributed by atoms with Gasteiger partial charge in [0.15, 0.2) is 0 Å². The number of rotatable bonds is 2. The fourth-order valence-corrected chi connectivity index (χ4v) is 2.57. The van der Waals surface area contributed by atoms with Gasteiger partial charge in [0.2, 0.25) is 5.91 Å². The summed E-state index contributed by atoms with van der Waals surface area (Å²) in [5, 5.41) is 2.82. The third-order valence-corrected chi connectivity index (χ3v) is 3.87. The molecular weight excluding hydrogens is 304 g/mol. The second-order valence-electron chi connectivity index (χ2n) is 4.67. The maximum atomic E-state index is 11.3. The molecule has 0 aliphatic carbocycles. The fourth-order valence-electron chi connectivity index (χ4n) is 2.31. The van der Waals surface area contributed by atoms with Crippen LogP contribution in [0, 0.1) is 0 Å². The summed E-state index contributed by atoms with van der Waals surface area (Å²) in [6.45, 7) is 0. The van der Waals surface area contributed by atoms with Gasteiger partial charge in [0.1, 0.15) is 0 Å². The van der Waals surface area contributed by atoms with Crippen molar-refractivity contribution in [2.24, 2.45) is 5.73 Å². The molecule has 3 rings (SSSR count). The maximum absolute atomic E-state index is 11.3. The molecule has 1 unspecified atom stereocenters. The van der Waals surface area contributed by atoms with E-state index in [2.05, 4.69) is 21.2 Å². The lowest BCUT2D eigenvalue weighted by molar-refractivity contribution is -0.115. The number of hydrogen-bond donors (Lipinski definition) is 2. The van der Waals surface area contributed by atoms with Crippen LogP contribution in [0.2, 0.25) is 0 Å². The predicted octanol–water partition coefficient (Wildman–Crippen LogP) is 2.99. The first kappa shape index (κ1) is 12.4. The van der Waals surface area contributed by atoms with Crippen molar-refractivity contribution in [2.45, 2.75) is 12.5 Å². The zero-order chi connectivity index (χ0) is 13.4. The molecule has 0 saturated carbocycles. The first-order chi connectivity index (χ1) is 9.13. The van der Waals surface area contributed by atoms with Gasteiger partial charge in [-0.2, -0.15) is 0 Å². The van der Waals surface area contributed by atoms with E-state index in [9.17, 15) is 4.79 Å². The summed E-state index contributed by atoms with van der Waals surface area (Å²) in [5.41, 5.74) is 10.3. The van der Waals surface area contributed by atoms with E-state index in [1.165, 1.54) is 0 Å². The van der Waals surface area contributed by atoms with Crippen molar-refractivity contribution in [2.75, 3.05) is 5.32 Å². The van der Waals surface area contributed by atoms with Gasteiger partial charge in [0.25, 0.3) is 0 Å². The molecule has 2 aromatic rings. The molecule has 1 aliphatic rings. The van der Waals surface area contributed by atoms with Gasteiger partial charge in [-0.1, -0.05) is 40.2 Å². The van der Waals surface area contributed by atoms with Gasteiger partial charge in [-0.15, -0.1) is 0 Å². The quantitative estimate of drug-likeness (QED) is 0.895. The summed E-state index contributed by atoms with van der Waals surface area (Å²) in [7, 11) is 0. The molecule has 0 fully saturated rings. The van der Waals surface area contributed by atoms with Crippen molar-refractivity contribution < 1.29 is 4.79 Å². The number of nitrogens with two attached hydrogens (primary N) is 1. The molecule has 2 aromatic carbocycles. The van der Waals surface area contributed by atoms with Crippen LogP contribution in [0.1, 0.15) is 22.7 Å². The first-order valence-electron chi connectivity index (χ1n) is 6.07. The number of carbonyl (C=O) groups excluding carboxylic acids is 1. The van der Waals surface area contributed by atoms with Crippen LogP contribution in [0.4, 0.5) is 5.69 Å². The summed E-state index contributed by atoms with van der Waals surface area (Å²) < 4.78 is 1.03. The second kappa shape index (κ2) is 4.79. The second-order valence-corrected chi connectivity index (χ2v) is 5.59. The molecule has 0 aromatic heterocycles. The van der Waals surface area contributed by atoms with Crippen LogP contribution >= 0.6 is 15.9 Å². The van der Waals surface area contributed by atoms with E-state index in [1.54, 1.807) is 0 Å². The minimum Gasteiger partial charge on any atom is -0.326 e. The zero-order valence-corrected chi connectivity index (χ0v) is 11.8. The van der Waals surface area contributed by atoms with Gasteiger partial charge >= 0.3 is 0 Å². The van der Waals surface area contributed by atoms with E-state index in [0.717, 1.165) is 26.9 Å². The number of nitrogens with one attached hydrogen (secondary N) is 1. The standard InChI is InChI=1S/C15H13BrN2O/c16-12-4-1-9(2-5-12)15(17)10-3-6-13-11(7-10)8-14(19)18-13/h1-7,15H,8,17H2,(H,18,19). The fraction of sp³-hybridized carbons (Fsp3) is 0.133. The van der Waals surface area contributed by atoms with E-state index >= 15 is 0 Å². The predicted molar refractivity (Wildman–Crippen MR) is 78.9 cm³/mol. The van der Waals surface area contributed by atoms with Crippen LogP contribution in [-0.2, 0) is 11.2 Å². The molecule has 3 N–H and O–H groups in total. The van der Waals surface area contributed by atoms with Crippen molar-refractivity contribution in [1.29, 1.82) is 0 Å². The van der Waals surface area contributed by atoms with Gasteiger partial charge in [-0.05, 0) is 34.9 Å². The molecule has 0 saturated heterocycles. The Morgan fingerprint density at radius 3 is 2.53 bits per heavy atom. The normalized spacial score (nSPS) is 14.9. The third kappa shape index (κ3) is 2.41. The Labute approximate surface area is 119 Å². The Morgan fingerprint density at radius 2 is 1.79 bits per heavy atom. The summed E-state index contributed by atoms with van der Waals surface area (Å²) >= 11 is 3.41. The van der Waals surface area contributed by atoms with E-state index in [4.69, 9.17) is 5.73 Å². The van der Waals surface area contributed by atoms with E-state index in [-0.39, 0.29) is 11.9 Å². The van der Waals surface area contributed by atoms with Crippen molar-refractivity contribution in [1.82, 2.24) is 0 Å². The Balaban J connectivity index is 1.92. The summed E-state index contributed by atoms with van der Waals surface area (Å²) in [5.74, 6) is 0.0457. The molecule has 1 heterocycles. The highest BCUT2D eigenvalue weighted by atomic mass is 79.9. The molecule has 96 valence electrons. The lowest BCUT2D eigenvalue weighted by Gasteiger charge is -2.14. The van der Waals surface area contributed by atoms with Gasteiger partial charge in [0.05, 0.1) is 12.5 Å². The molecule has 19 heavy (non-hydrogen) atoms. The highest BCUT2D eigenvalue weighted by Crippen LogP contribution is 2.28. The molecule has 0 bridgehead atoms. The minimum atomic E-state index is -0.172. The molecule has 3 nitrogen and oxygen atoms in total. The van der Waals surface area contributed by atoms with E-state index in [0.29, 0.717) is 6.42 Å². The number of benzene rings is 2. The van der Waals surface area contributed by atoms with Gasteiger partial charge in [-0.25, -0.2) is 0 Å². The molecule has 4 heteroatoms. The molecule has 1 atom stereocenters. The molecule has 1 amide bonds. The molecular formula is C15H13BrN2O. The van der Waals surface area contributed by atoms with Crippen molar-refractivity contribution in [3.8, 4) is 0 Å². The summed E-state index contributed by atoms with van der Waals surface area (Å²) in [6, 6.07) is 13.7. The van der Waals surface area contributed by atoms with Crippen LogP contribution in [-0.4, -0.2) is 5.91 Å². The third-order valence-electron chi connectivity index (χ3n) is 3.34. The maximum Gasteiger partial charge on any atom is 0.228 e. The average molecular weight is 317 g/mol. The lowest BCUT2D eigenvalue weighted by atomic mass is 9.97. The average Bonchev–Trinajstić information content (AvgIpc) is 2.77. The Hall–Kier alpha value is -1.65.